The van der Waals surface area contributed by atoms with Gasteiger partial charge >= 0.3 is 0 Å². The summed E-state index contributed by atoms with van der Waals surface area (Å²) in [6, 6.07) is 2.88. The lowest BCUT2D eigenvalue weighted by Gasteiger charge is -2.34. The molecule has 8 nitrogen and oxygen atoms in total. The highest BCUT2D eigenvalue weighted by atomic mass is 32.2. The summed E-state index contributed by atoms with van der Waals surface area (Å²) in [5.41, 5.74) is 0. The number of aliphatic hydroxyl groups is 1. The number of aromatic nitrogens is 2. The molecule has 0 saturated carbocycles. The number of thiophene rings is 1. The predicted molar refractivity (Wildman–Crippen MR) is 98.7 cm³/mol. The van der Waals surface area contributed by atoms with Crippen LogP contribution in [0.1, 0.15) is 35.4 Å². The van der Waals surface area contributed by atoms with E-state index in [-0.39, 0.29) is 22.4 Å². The van der Waals surface area contributed by atoms with Crippen molar-refractivity contribution in [1.82, 2.24) is 14.1 Å². The fourth-order valence-corrected chi connectivity index (χ4v) is 6.20. The third-order valence-electron chi connectivity index (χ3n) is 4.41. The number of hydrogen-bond donors (Lipinski definition) is 2. The maximum atomic E-state index is 13.2. The fraction of sp³-hybridized carbons (Fsp3) is 0.500. The number of aryl methyl sites for hydroxylation is 1. The minimum atomic E-state index is -3.81. The van der Waals surface area contributed by atoms with Crippen LogP contribution in [0.15, 0.2) is 28.6 Å². The molecule has 1 saturated heterocycles. The molecule has 0 radical (unpaired) electrons. The Morgan fingerprint density at radius 2 is 2.23 bits per heavy atom. The van der Waals surface area contributed by atoms with Crippen molar-refractivity contribution in [3.63, 3.8) is 0 Å². The number of aliphatic hydroxyl groups excluding tert-OH is 1. The Balaban J connectivity index is 1.87. The Labute approximate surface area is 156 Å². The molecule has 3 rings (SSSR count). The monoisotopic (exact) mass is 398 g/mol. The van der Waals surface area contributed by atoms with Crippen LogP contribution in [0.2, 0.25) is 0 Å². The quantitative estimate of drug-likeness (QED) is 0.770. The zero-order valence-corrected chi connectivity index (χ0v) is 16.1. The van der Waals surface area contributed by atoms with E-state index in [2.05, 4.69) is 10.4 Å². The summed E-state index contributed by atoms with van der Waals surface area (Å²) in [4.78, 5) is 12.7. The van der Waals surface area contributed by atoms with E-state index in [0.29, 0.717) is 18.8 Å². The summed E-state index contributed by atoms with van der Waals surface area (Å²) in [6.07, 6.45) is 4.53. The molecule has 0 aromatic carbocycles. The molecule has 1 aliphatic rings. The highest BCUT2D eigenvalue weighted by Crippen LogP contribution is 2.31. The third kappa shape index (κ3) is 3.83. The van der Waals surface area contributed by atoms with Crippen molar-refractivity contribution >= 4 is 33.1 Å². The zero-order chi connectivity index (χ0) is 18.7. The molecule has 2 N–H and O–H groups in total. The number of nitrogens with zero attached hydrogens (tertiary/aromatic N) is 3. The van der Waals surface area contributed by atoms with E-state index in [1.165, 1.54) is 10.4 Å². The Morgan fingerprint density at radius 3 is 2.92 bits per heavy atom. The summed E-state index contributed by atoms with van der Waals surface area (Å²) in [7, 11) is -2.08. The lowest BCUT2D eigenvalue weighted by atomic mass is 10.0. The highest BCUT2D eigenvalue weighted by Gasteiger charge is 2.36. The molecular weight excluding hydrogens is 376 g/mol. The minimum Gasteiger partial charge on any atom is -0.396 e. The van der Waals surface area contributed by atoms with Gasteiger partial charge in [-0.25, -0.2) is 8.42 Å². The Hall–Kier alpha value is -1.75. The summed E-state index contributed by atoms with van der Waals surface area (Å²) in [6.45, 7) is 0.345. The number of hydrogen-bond acceptors (Lipinski definition) is 6. The van der Waals surface area contributed by atoms with Crippen molar-refractivity contribution < 1.29 is 18.3 Å². The fourth-order valence-electron chi connectivity index (χ4n) is 3.18. The number of nitrogens with one attached hydrogen (secondary N) is 1. The predicted octanol–water partition coefficient (Wildman–Crippen LogP) is 1.66. The van der Waals surface area contributed by atoms with E-state index < -0.39 is 15.9 Å². The molecule has 10 heteroatoms. The van der Waals surface area contributed by atoms with Crippen molar-refractivity contribution in [2.24, 2.45) is 7.05 Å². The van der Waals surface area contributed by atoms with Gasteiger partial charge in [-0.15, -0.1) is 11.3 Å². The van der Waals surface area contributed by atoms with Crippen molar-refractivity contribution in [3.05, 3.63) is 28.6 Å². The number of carbonyl (C=O) groups excluding carboxylic acids is 1. The van der Waals surface area contributed by atoms with Crippen molar-refractivity contribution in [2.75, 3.05) is 18.5 Å². The maximum absolute atomic E-state index is 13.2. The second-order valence-corrected chi connectivity index (χ2v) is 9.00. The Morgan fingerprint density at radius 1 is 1.42 bits per heavy atom. The normalized spacial score (nSPS) is 18.8. The van der Waals surface area contributed by atoms with Crippen LogP contribution in [-0.2, 0) is 17.1 Å². The molecule has 1 fully saturated rings. The van der Waals surface area contributed by atoms with Crippen LogP contribution in [0.3, 0.4) is 0 Å². The van der Waals surface area contributed by atoms with E-state index in [4.69, 9.17) is 0 Å². The number of piperidine rings is 1. The van der Waals surface area contributed by atoms with Gasteiger partial charge in [0.25, 0.3) is 5.91 Å². The SMILES string of the molecule is Cn1ccc(NC(=O)c2sccc2S(=O)(=O)N2CCCCC2CCO)n1. The van der Waals surface area contributed by atoms with Crippen LogP contribution in [0, 0.1) is 0 Å². The number of sulfonamides is 1. The number of amides is 1. The zero-order valence-electron chi connectivity index (χ0n) is 14.5. The topological polar surface area (TPSA) is 105 Å². The van der Waals surface area contributed by atoms with Crippen LogP contribution in [-0.4, -0.2) is 52.7 Å². The van der Waals surface area contributed by atoms with E-state index in [1.807, 2.05) is 0 Å². The number of carbonyl (C=O) groups is 1. The lowest BCUT2D eigenvalue weighted by Crippen LogP contribution is -2.44. The summed E-state index contributed by atoms with van der Waals surface area (Å²) in [5.74, 6) is -0.127. The molecule has 3 heterocycles. The first-order valence-electron chi connectivity index (χ1n) is 8.44. The first kappa shape index (κ1) is 19.0. The van der Waals surface area contributed by atoms with Gasteiger partial charge in [-0.3, -0.25) is 9.48 Å². The van der Waals surface area contributed by atoms with Gasteiger partial charge < -0.3 is 10.4 Å². The average molecular weight is 399 g/mol. The van der Waals surface area contributed by atoms with Crippen molar-refractivity contribution in [1.29, 1.82) is 0 Å². The van der Waals surface area contributed by atoms with Gasteiger partial charge in [-0.2, -0.15) is 9.40 Å². The van der Waals surface area contributed by atoms with Gasteiger partial charge in [0, 0.05) is 38.5 Å². The van der Waals surface area contributed by atoms with Crippen LogP contribution in [0.25, 0.3) is 0 Å². The molecule has 1 amide bonds. The van der Waals surface area contributed by atoms with Crippen LogP contribution in [0.4, 0.5) is 5.82 Å². The molecule has 26 heavy (non-hydrogen) atoms. The van der Waals surface area contributed by atoms with Gasteiger partial charge in [-0.1, -0.05) is 6.42 Å². The second-order valence-electron chi connectivity index (χ2n) is 6.22. The van der Waals surface area contributed by atoms with Crippen molar-refractivity contribution in [2.45, 2.75) is 36.6 Å². The molecule has 0 spiro atoms. The highest BCUT2D eigenvalue weighted by molar-refractivity contribution is 7.89. The molecule has 0 bridgehead atoms. The molecule has 2 aromatic rings. The van der Waals surface area contributed by atoms with Gasteiger partial charge in [-0.05, 0) is 30.7 Å². The van der Waals surface area contributed by atoms with Gasteiger partial charge in [0.1, 0.15) is 9.77 Å². The molecule has 142 valence electrons. The Bertz CT molecular complexity index is 872. The summed E-state index contributed by atoms with van der Waals surface area (Å²) < 4.78 is 29.3. The molecule has 1 unspecified atom stereocenters. The van der Waals surface area contributed by atoms with Gasteiger partial charge in [0.05, 0.1) is 0 Å². The standard InChI is InChI=1S/C16H22N4O4S2/c1-19-9-5-14(18-19)17-16(22)15-13(7-11-25-15)26(23,24)20-8-3-2-4-12(20)6-10-21/h5,7,9,11-12,21H,2-4,6,8,10H2,1H3,(H,17,18,22). The average Bonchev–Trinajstić information content (AvgIpc) is 3.25. The molecule has 1 atom stereocenters. The van der Waals surface area contributed by atoms with Gasteiger partial charge in [0.2, 0.25) is 10.0 Å². The first-order chi connectivity index (χ1) is 12.4. The third-order valence-corrected chi connectivity index (χ3v) is 7.45. The molecule has 1 aliphatic heterocycles. The summed E-state index contributed by atoms with van der Waals surface area (Å²) in [5, 5.41) is 17.6. The maximum Gasteiger partial charge on any atom is 0.268 e. The van der Waals surface area contributed by atoms with Crippen molar-refractivity contribution in [3.8, 4) is 0 Å². The molecule has 2 aromatic heterocycles. The van der Waals surface area contributed by atoms with E-state index in [9.17, 15) is 18.3 Å². The van der Waals surface area contributed by atoms with Crippen LogP contribution in [0.5, 0.6) is 0 Å². The molecule has 0 aliphatic carbocycles. The Kier molecular flexibility index (Phi) is 5.76. The minimum absolute atomic E-state index is 0.0146. The van der Waals surface area contributed by atoms with E-state index >= 15 is 0 Å². The second kappa shape index (κ2) is 7.87. The van der Waals surface area contributed by atoms with Gasteiger partial charge in [0.15, 0.2) is 5.82 Å². The first-order valence-corrected chi connectivity index (χ1v) is 10.8. The number of rotatable bonds is 6. The summed E-state index contributed by atoms with van der Waals surface area (Å²) >= 11 is 1.09. The van der Waals surface area contributed by atoms with Crippen LogP contribution < -0.4 is 5.32 Å². The largest absolute Gasteiger partial charge is 0.396 e. The number of anilines is 1. The van der Waals surface area contributed by atoms with E-state index in [1.54, 1.807) is 29.4 Å². The van der Waals surface area contributed by atoms with Crippen LogP contribution >= 0.6 is 11.3 Å². The lowest BCUT2D eigenvalue weighted by molar-refractivity contribution is 0.102. The molecular formula is C16H22N4O4S2. The van der Waals surface area contributed by atoms with E-state index in [0.717, 1.165) is 30.6 Å². The smallest absolute Gasteiger partial charge is 0.268 e.